The number of nitrogens with two attached hydrogens (primary N) is 1. The summed E-state index contributed by atoms with van der Waals surface area (Å²) < 4.78 is 4.52. The maximum Gasteiger partial charge on any atom is 0.305 e. The lowest BCUT2D eigenvalue weighted by Crippen LogP contribution is -2.14. The van der Waals surface area contributed by atoms with Crippen molar-refractivity contribution in [3.63, 3.8) is 0 Å². The molecule has 0 atom stereocenters. The molecular formula is C16H23NO4. The lowest BCUT2D eigenvalue weighted by molar-refractivity contribution is -0.140. The Balaban J connectivity index is 2.93. The molecule has 0 heterocycles. The van der Waals surface area contributed by atoms with Crippen molar-refractivity contribution >= 4 is 17.4 Å². The lowest BCUT2D eigenvalue weighted by Gasteiger charge is -2.21. The van der Waals surface area contributed by atoms with E-state index in [1.807, 2.05) is 20.8 Å². The molecule has 3 N–H and O–H groups in total. The molecule has 0 bridgehead atoms. The lowest BCUT2D eigenvalue weighted by atomic mass is 9.85. The monoisotopic (exact) mass is 293 g/mol. The summed E-state index contributed by atoms with van der Waals surface area (Å²) in [4.78, 5) is 23.2. The number of hydrogen-bond donors (Lipinski definition) is 2. The highest BCUT2D eigenvalue weighted by Crippen LogP contribution is 2.33. The summed E-state index contributed by atoms with van der Waals surface area (Å²) >= 11 is 0. The fourth-order valence-electron chi connectivity index (χ4n) is 1.93. The second kappa shape index (κ2) is 6.61. The van der Waals surface area contributed by atoms with Crippen molar-refractivity contribution < 1.29 is 19.4 Å². The molecule has 5 heteroatoms. The Hall–Kier alpha value is -2.04. The maximum atomic E-state index is 12.2. The van der Waals surface area contributed by atoms with Gasteiger partial charge in [0.15, 0.2) is 5.78 Å². The molecule has 0 aliphatic rings. The third-order valence-corrected chi connectivity index (χ3v) is 3.32. The standard InChI is InChI=1S/C16H23NO4/c1-16(2,3)10-8-11(15(20)12(17)9-10)13(18)6-5-7-14(19)21-4/h8-9,20H,5-7,17H2,1-4H3. The van der Waals surface area contributed by atoms with Gasteiger partial charge in [0.2, 0.25) is 0 Å². The largest absolute Gasteiger partial charge is 0.505 e. The van der Waals surface area contributed by atoms with E-state index in [0.29, 0.717) is 6.42 Å². The Labute approximate surface area is 125 Å². The van der Waals surface area contributed by atoms with Crippen molar-refractivity contribution in [1.29, 1.82) is 0 Å². The Bertz CT molecular complexity index is 544. The number of anilines is 1. The normalized spacial score (nSPS) is 11.2. The molecule has 5 nitrogen and oxygen atoms in total. The molecule has 0 amide bonds. The van der Waals surface area contributed by atoms with Crippen LogP contribution in [0.25, 0.3) is 0 Å². The van der Waals surface area contributed by atoms with E-state index in [1.165, 1.54) is 7.11 Å². The highest BCUT2D eigenvalue weighted by molar-refractivity contribution is 6.00. The van der Waals surface area contributed by atoms with E-state index < -0.39 is 0 Å². The Morgan fingerprint density at radius 2 is 1.86 bits per heavy atom. The summed E-state index contributed by atoms with van der Waals surface area (Å²) in [5, 5.41) is 9.98. The molecule has 1 aromatic carbocycles. The molecule has 0 aliphatic heterocycles. The van der Waals surface area contributed by atoms with Gasteiger partial charge in [-0.25, -0.2) is 0 Å². The first kappa shape index (κ1) is 17.0. The van der Waals surface area contributed by atoms with Crippen LogP contribution >= 0.6 is 0 Å². The summed E-state index contributed by atoms with van der Waals surface area (Å²) in [7, 11) is 1.31. The Morgan fingerprint density at radius 3 is 2.38 bits per heavy atom. The Kier molecular flexibility index (Phi) is 5.35. The van der Waals surface area contributed by atoms with Crippen LogP contribution in [0.3, 0.4) is 0 Å². The average Bonchev–Trinajstić information content (AvgIpc) is 2.39. The van der Waals surface area contributed by atoms with Crippen LogP contribution in [-0.2, 0) is 14.9 Å². The smallest absolute Gasteiger partial charge is 0.305 e. The number of phenols is 1. The molecule has 0 spiro atoms. The fraction of sp³-hybridized carbons (Fsp3) is 0.500. The van der Waals surface area contributed by atoms with Crippen molar-refractivity contribution in [2.45, 2.75) is 45.4 Å². The molecule has 0 aliphatic carbocycles. The average molecular weight is 293 g/mol. The van der Waals surface area contributed by atoms with Gasteiger partial charge in [-0.2, -0.15) is 0 Å². The van der Waals surface area contributed by atoms with E-state index in [1.54, 1.807) is 12.1 Å². The van der Waals surface area contributed by atoms with Crippen LogP contribution in [0.15, 0.2) is 12.1 Å². The number of hydrogen-bond acceptors (Lipinski definition) is 5. The summed E-state index contributed by atoms with van der Waals surface area (Å²) in [5.41, 5.74) is 6.89. The zero-order valence-corrected chi connectivity index (χ0v) is 13.0. The molecule has 0 saturated heterocycles. The van der Waals surface area contributed by atoms with Crippen LogP contribution in [0.5, 0.6) is 5.75 Å². The molecule has 0 saturated carbocycles. The number of ketones is 1. The van der Waals surface area contributed by atoms with Crippen molar-refractivity contribution in [1.82, 2.24) is 0 Å². The highest BCUT2D eigenvalue weighted by atomic mass is 16.5. The van der Waals surface area contributed by atoms with E-state index >= 15 is 0 Å². The summed E-state index contributed by atoms with van der Waals surface area (Å²) in [6.45, 7) is 6.01. The van der Waals surface area contributed by atoms with E-state index in [4.69, 9.17) is 5.73 Å². The van der Waals surface area contributed by atoms with Crippen LogP contribution in [0.1, 0.15) is 56.0 Å². The number of rotatable bonds is 5. The summed E-state index contributed by atoms with van der Waals surface area (Å²) in [6, 6.07) is 3.35. The number of phenolic OH excluding ortho intramolecular Hbond substituents is 1. The number of nitrogen functional groups attached to an aromatic ring is 1. The summed E-state index contributed by atoms with van der Waals surface area (Å²) in [6.07, 6.45) is 0.720. The first-order valence-electron chi connectivity index (χ1n) is 6.89. The van der Waals surface area contributed by atoms with Crippen LogP contribution in [0.2, 0.25) is 0 Å². The number of Topliss-reactive ketones (excluding diaryl/α,β-unsaturated/α-hetero) is 1. The van der Waals surface area contributed by atoms with Crippen molar-refractivity contribution in [2.75, 3.05) is 12.8 Å². The van der Waals surface area contributed by atoms with Gasteiger partial charge in [0, 0.05) is 12.8 Å². The van der Waals surface area contributed by atoms with Gasteiger partial charge in [0.1, 0.15) is 5.75 Å². The van der Waals surface area contributed by atoms with Crippen LogP contribution < -0.4 is 5.73 Å². The zero-order valence-electron chi connectivity index (χ0n) is 13.0. The zero-order chi connectivity index (χ0) is 16.2. The van der Waals surface area contributed by atoms with Crippen LogP contribution in [0, 0.1) is 0 Å². The molecule has 0 fully saturated rings. The highest BCUT2D eigenvalue weighted by Gasteiger charge is 2.21. The number of benzene rings is 1. The molecule has 0 aromatic heterocycles. The molecule has 116 valence electrons. The van der Waals surface area contributed by atoms with Gasteiger partial charge in [-0.1, -0.05) is 20.8 Å². The maximum absolute atomic E-state index is 12.2. The second-order valence-electron chi connectivity index (χ2n) is 6.06. The SMILES string of the molecule is COC(=O)CCCC(=O)c1cc(C(C)(C)C)cc(N)c1O. The van der Waals surface area contributed by atoms with E-state index in [0.717, 1.165) is 5.56 Å². The van der Waals surface area contributed by atoms with Crippen molar-refractivity contribution in [3.8, 4) is 5.75 Å². The molecular weight excluding hydrogens is 270 g/mol. The third kappa shape index (κ3) is 4.48. The molecule has 1 aromatic rings. The van der Waals surface area contributed by atoms with Gasteiger partial charge in [-0.15, -0.1) is 0 Å². The Morgan fingerprint density at radius 1 is 1.24 bits per heavy atom. The fourth-order valence-corrected chi connectivity index (χ4v) is 1.93. The number of ether oxygens (including phenoxy) is 1. The minimum absolute atomic E-state index is 0.162. The van der Waals surface area contributed by atoms with Gasteiger partial charge in [0.25, 0.3) is 0 Å². The van der Waals surface area contributed by atoms with Gasteiger partial charge >= 0.3 is 5.97 Å². The number of carbonyl (C=O) groups is 2. The third-order valence-electron chi connectivity index (χ3n) is 3.32. The predicted octanol–water partition coefficient (Wildman–Crippen LogP) is 2.80. The number of esters is 1. The molecule has 0 unspecified atom stereocenters. The minimum atomic E-state index is -0.352. The quantitative estimate of drug-likeness (QED) is 0.377. The van der Waals surface area contributed by atoms with Crippen molar-refractivity contribution in [2.24, 2.45) is 0 Å². The van der Waals surface area contributed by atoms with Gasteiger partial charge in [0.05, 0.1) is 18.4 Å². The number of aromatic hydroxyl groups is 1. The summed E-state index contributed by atoms with van der Waals surface area (Å²) in [5.74, 6) is -0.768. The van der Waals surface area contributed by atoms with E-state index in [2.05, 4.69) is 4.74 Å². The van der Waals surface area contributed by atoms with Crippen LogP contribution in [0.4, 0.5) is 5.69 Å². The van der Waals surface area contributed by atoms with Gasteiger partial charge < -0.3 is 15.6 Å². The predicted molar refractivity (Wildman–Crippen MR) is 81.4 cm³/mol. The first-order valence-corrected chi connectivity index (χ1v) is 6.89. The van der Waals surface area contributed by atoms with Crippen molar-refractivity contribution in [3.05, 3.63) is 23.3 Å². The van der Waals surface area contributed by atoms with Gasteiger partial charge in [-0.3, -0.25) is 9.59 Å². The molecule has 1 rings (SSSR count). The molecule has 0 radical (unpaired) electrons. The first-order chi connectivity index (χ1) is 9.66. The van der Waals surface area contributed by atoms with Gasteiger partial charge in [-0.05, 0) is 29.5 Å². The van der Waals surface area contributed by atoms with E-state index in [-0.39, 0.29) is 47.0 Å². The second-order valence-corrected chi connectivity index (χ2v) is 6.06. The van der Waals surface area contributed by atoms with E-state index in [9.17, 15) is 14.7 Å². The minimum Gasteiger partial charge on any atom is -0.505 e. The number of methoxy groups -OCH3 is 1. The topological polar surface area (TPSA) is 89.6 Å². The van der Waals surface area contributed by atoms with Crippen LogP contribution in [-0.4, -0.2) is 24.0 Å². The number of carbonyl (C=O) groups excluding carboxylic acids is 2. The molecule has 21 heavy (non-hydrogen) atoms.